The molecule has 1 N–H and O–H groups in total. The van der Waals surface area contributed by atoms with Crippen molar-refractivity contribution in [3.8, 4) is 0 Å². The largest absolute Gasteiger partial charge is 0.462 e. The Labute approximate surface area is 169 Å². The quantitative estimate of drug-likeness (QED) is 0.720. The molecule has 7 heteroatoms. The molecule has 0 radical (unpaired) electrons. The number of nitrogens with one attached hydrogen (secondary N) is 1. The average Bonchev–Trinajstić information content (AvgIpc) is 3.05. The van der Waals surface area contributed by atoms with Gasteiger partial charge in [-0.15, -0.1) is 11.3 Å². The van der Waals surface area contributed by atoms with E-state index in [9.17, 15) is 9.59 Å². The predicted molar refractivity (Wildman–Crippen MR) is 110 cm³/mol. The number of carbonyl (C=O) groups is 2. The number of esters is 1. The monoisotopic (exact) mass is 401 g/mol. The molecule has 6 nitrogen and oxygen atoms in total. The van der Waals surface area contributed by atoms with Gasteiger partial charge >= 0.3 is 5.97 Å². The molecule has 0 saturated heterocycles. The highest BCUT2D eigenvalue weighted by molar-refractivity contribution is 7.17. The molecule has 3 rings (SSSR count). The van der Waals surface area contributed by atoms with Gasteiger partial charge in [0.1, 0.15) is 10.7 Å². The van der Waals surface area contributed by atoms with Crippen molar-refractivity contribution in [1.82, 2.24) is 9.97 Å². The summed E-state index contributed by atoms with van der Waals surface area (Å²) in [7, 11) is 0. The van der Waals surface area contributed by atoms with Crippen molar-refractivity contribution in [3.63, 3.8) is 0 Å². The van der Waals surface area contributed by atoms with Gasteiger partial charge in [0.05, 0.1) is 18.4 Å². The minimum atomic E-state index is -0.373. The Balaban J connectivity index is 1.94. The first-order chi connectivity index (χ1) is 13.4. The molecule has 0 bridgehead atoms. The molecule has 0 aliphatic heterocycles. The van der Waals surface area contributed by atoms with Gasteiger partial charge in [0.15, 0.2) is 0 Å². The molecule has 1 aliphatic carbocycles. The van der Waals surface area contributed by atoms with E-state index in [2.05, 4.69) is 36.1 Å². The lowest BCUT2D eigenvalue weighted by molar-refractivity contribution is 0.0526. The summed E-state index contributed by atoms with van der Waals surface area (Å²) in [6.07, 6.45) is 8.29. The van der Waals surface area contributed by atoms with Crippen LogP contribution in [-0.2, 0) is 17.6 Å². The second kappa shape index (κ2) is 8.39. The highest BCUT2D eigenvalue weighted by Gasteiger charge is 2.35. The first-order valence-corrected chi connectivity index (χ1v) is 10.6. The molecule has 150 valence electrons. The standard InChI is InChI=1S/C21H27N3O3S/c1-5-21(3,4)13-7-8-14-16(11-13)28-19(17(14)20(26)27-6-2)24-18(25)15-12-22-9-10-23-15/h9-10,12-13H,5-8,11H2,1-4H3,(H,24,25). The maximum Gasteiger partial charge on any atom is 0.341 e. The number of anilines is 1. The number of thiophene rings is 1. The lowest BCUT2D eigenvalue weighted by Gasteiger charge is -2.36. The van der Waals surface area contributed by atoms with Crippen LogP contribution in [0.5, 0.6) is 0 Å². The Morgan fingerprint density at radius 3 is 2.75 bits per heavy atom. The Morgan fingerprint density at radius 2 is 2.11 bits per heavy atom. The second-order valence-electron chi connectivity index (χ2n) is 7.76. The summed E-state index contributed by atoms with van der Waals surface area (Å²) in [5, 5.41) is 3.42. The molecular formula is C21H27N3O3S. The summed E-state index contributed by atoms with van der Waals surface area (Å²) in [6.45, 7) is 8.92. The van der Waals surface area contributed by atoms with Crippen molar-refractivity contribution in [2.24, 2.45) is 11.3 Å². The average molecular weight is 402 g/mol. The van der Waals surface area contributed by atoms with Crippen molar-refractivity contribution < 1.29 is 14.3 Å². The highest BCUT2D eigenvalue weighted by atomic mass is 32.1. The van der Waals surface area contributed by atoms with Crippen molar-refractivity contribution in [1.29, 1.82) is 0 Å². The van der Waals surface area contributed by atoms with Gasteiger partial charge in [-0.3, -0.25) is 9.78 Å². The van der Waals surface area contributed by atoms with Crippen LogP contribution in [0.3, 0.4) is 0 Å². The Kier molecular flexibility index (Phi) is 6.13. The molecule has 1 unspecified atom stereocenters. The zero-order chi connectivity index (χ0) is 20.3. The van der Waals surface area contributed by atoms with Crippen molar-refractivity contribution >= 4 is 28.2 Å². The molecule has 1 amide bonds. The number of nitrogens with zero attached hydrogens (tertiary/aromatic N) is 2. The van der Waals surface area contributed by atoms with Crippen LogP contribution in [0.15, 0.2) is 18.6 Å². The van der Waals surface area contributed by atoms with Crippen LogP contribution in [-0.4, -0.2) is 28.5 Å². The normalized spacial score (nSPS) is 16.4. The van der Waals surface area contributed by atoms with Crippen LogP contribution in [0.25, 0.3) is 0 Å². The Hall–Kier alpha value is -2.28. The van der Waals surface area contributed by atoms with Crippen LogP contribution in [0.2, 0.25) is 0 Å². The second-order valence-corrected chi connectivity index (χ2v) is 8.86. The summed E-state index contributed by atoms with van der Waals surface area (Å²) < 4.78 is 5.28. The maximum atomic E-state index is 12.7. The molecular weight excluding hydrogens is 374 g/mol. The van der Waals surface area contributed by atoms with E-state index in [1.165, 1.54) is 34.8 Å². The fourth-order valence-electron chi connectivity index (χ4n) is 3.63. The lowest BCUT2D eigenvalue weighted by atomic mass is 9.69. The van der Waals surface area contributed by atoms with Gasteiger partial charge in [-0.2, -0.15) is 0 Å². The zero-order valence-corrected chi connectivity index (χ0v) is 17.7. The van der Waals surface area contributed by atoms with Crippen LogP contribution < -0.4 is 5.32 Å². The summed E-state index contributed by atoms with van der Waals surface area (Å²) in [5.74, 6) is -0.187. The molecule has 2 heterocycles. The molecule has 0 saturated carbocycles. The number of hydrogen-bond acceptors (Lipinski definition) is 6. The molecule has 28 heavy (non-hydrogen) atoms. The van der Waals surface area contributed by atoms with Gasteiger partial charge in [0.25, 0.3) is 5.91 Å². The summed E-state index contributed by atoms with van der Waals surface area (Å²) in [5.41, 5.74) is 2.00. The topological polar surface area (TPSA) is 81.2 Å². The van der Waals surface area contributed by atoms with Crippen molar-refractivity contribution in [2.75, 3.05) is 11.9 Å². The molecule has 1 aliphatic rings. The molecule has 0 fully saturated rings. The van der Waals surface area contributed by atoms with Crippen molar-refractivity contribution in [3.05, 3.63) is 40.3 Å². The van der Waals surface area contributed by atoms with E-state index >= 15 is 0 Å². The van der Waals surface area contributed by atoms with Crippen LogP contribution >= 0.6 is 11.3 Å². The van der Waals surface area contributed by atoms with E-state index in [1.807, 2.05) is 0 Å². The van der Waals surface area contributed by atoms with E-state index < -0.39 is 0 Å². The number of hydrogen-bond donors (Lipinski definition) is 1. The number of fused-ring (bicyclic) bond motifs is 1. The van der Waals surface area contributed by atoms with Crippen LogP contribution in [0.1, 0.15) is 71.8 Å². The Bertz CT molecular complexity index is 861. The van der Waals surface area contributed by atoms with Gasteiger partial charge < -0.3 is 10.1 Å². The maximum absolute atomic E-state index is 12.7. The number of rotatable bonds is 6. The SMILES string of the molecule is CCOC(=O)c1c(NC(=O)c2cnccn2)sc2c1CCC(C(C)(C)CC)C2. The van der Waals surface area contributed by atoms with Crippen LogP contribution in [0.4, 0.5) is 5.00 Å². The molecule has 0 aromatic carbocycles. The Morgan fingerprint density at radius 1 is 1.32 bits per heavy atom. The molecule has 2 aromatic rings. The fraction of sp³-hybridized carbons (Fsp3) is 0.524. The van der Waals surface area contributed by atoms with Gasteiger partial charge in [0, 0.05) is 17.3 Å². The van der Waals surface area contributed by atoms with Gasteiger partial charge in [-0.1, -0.05) is 27.2 Å². The zero-order valence-electron chi connectivity index (χ0n) is 16.9. The van der Waals surface area contributed by atoms with E-state index in [1.54, 1.807) is 6.92 Å². The van der Waals surface area contributed by atoms with Gasteiger partial charge in [-0.25, -0.2) is 9.78 Å². The number of aromatic nitrogens is 2. The van der Waals surface area contributed by atoms with Gasteiger partial charge in [0.2, 0.25) is 0 Å². The third-order valence-electron chi connectivity index (χ3n) is 5.78. The number of ether oxygens (including phenoxy) is 1. The smallest absolute Gasteiger partial charge is 0.341 e. The van der Waals surface area contributed by atoms with Crippen LogP contribution in [0, 0.1) is 11.3 Å². The minimum Gasteiger partial charge on any atom is -0.462 e. The number of amides is 1. The van der Waals surface area contributed by atoms with E-state index in [0.717, 1.165) is 31.2 Å². The first kappa shape index (κ1) is 20.5. The van der Waals surface area contributed by atoms with E-state index in [-0.39, 0.29) is 23.0 Å². The molecule has 2 aromatic heterocycles. The van der Waals surface area contributed by atoms with E-state index in [4.69, 9.17) is 4.74 Å². The summed E-state index contributed by atoms with van der Waals surface area (Å²) in [6, 6.07) is 0. The van der Waals surface area contributed by atoms with Gasteiger partial charge in [-0.05, 0) is 43.1 Å². The highest BCUT2D eigenvalue weighted by Crippen LogP contribution is 2.45. The summed E-state index contributed by atoms with van der Waals surface area (Å²) >= 11 is 1.49. The number of carbonyl (C=O) groups excluding carboxylic acids is 2. The molecule has 1 atom stereocenters. The predicted octanol–water partition coefficient (Wildman–Crippen LogP) is 4.51. The third-order valence-corrected chi connectivity index (χ3v) is 6.95. The summed E-state index contributed by atoms with van der Waals surface area (Å²) in [4.78, 5) is 34.4. The van der Waals surface area contributed by atoms with E-state index in [0.29, 0.717) is 23.1 Å². The fourth-order valence-corrected chi connectivity index (χ4v) is 4.94. The molecule has 0 spiro atoms. The van der Waals surface area contributed by atoms with Crippen molar-refractivity contribution in [2.45, 2.75) is 53.4 Å². The first-order valence-electron chi connectivity index (χ1n) is 9.76. The third kappa shape index (κ3) is 4.09. The minimum absolute atomic E-state index is 0.216. The lowest BCUT2D eigenvalue weighted by Crippen LogP contribution is -2.28.